The second-order valence-corrected chi connectivity index (χ2v) is 5.33. The number of aliphatic hydroxyl groups excluding tert-OH is 1. The minimum absolute atomic E-state index is 0.106. The first kappa shape index (κ1) is 14.5. The summed E-state index contributed by atoms with van der Waals surface area (Å²) < 4.78 is 5.89. The van der Waals surface area contributed by atoms with Crippen molar-refractivity contribution in [1.82, 2.24) is 5.32 Å². The number of nitrogens with one attached hydrogen (secondary N) is 1. The maximum Gasteiger partial charge on any atom is 0.0952 e. The predicted molar refractivity (Wildman–Crippen MR) is 77.2 cm³/mol. The third kappa shape index (κ3) is 3.16. The van der Waals surface area contributed by atoms with Crippen LogP contribution in [0.3, 0.4) is 0 Å². The first-order valence-electron chi connectivity index (χ1n) is 7.30. The maximum atomic E-state index is 9.60. The highest BCUT2D eigenvalue weighted by Crippen LogP contribution is 2.27. The molecule has 1 aromatic rings. The van der Waals surface area contributed by atoms with Crippen LogP contribution in [0.25, 0.3) is 0 Å². The first-order valence-corrected chi connectivity index (χ1v) is 7.30. The van der Waals surface area contributed by atoms with Gasteiger partial charge in [0.05, 0.1) is 19.3 Å². The van der Waals surface area contributed by atoms with Gasteiger partial charge in [0.15, 0.2) is 0 Å². The van der Waals surface area contributed by atoms with Gasteiger partial charge in [0, 0.05) is 12.1 Å². The number of hydrogen-bond donors (Lipinski definition) is 2. The second kappa shape index (κ2) is 6.51. The van der Waals surface area contributed by atoms with Gasteiger partial charge in [-0.3, -0.25) is 0 Å². The highest BCUT2D eigenvalue weighted by atomic mass is 16.5. The van der Waals surface area contributed by atoms with Crippen molar-refractivity contribution < 1.29 is 9.84 Å². The molecule has 19 heavy (non-hydrogen) atoms. The van der Waals surface area contributed by atoms with Crippen LogP contribution in [0, 0.1) is 0 Å². The van der Waals surface area contributed by atoms with E-state index in [0.717, 1.165) is 32.4 Å². The molecule has 3 heteroatoms. The van der Waals surface area contributed by atoms with E-state index in [1.54, 1.807) is 0 Å². The monoisotopic (exact) mass is 263 g/mol. The zero-order valence-corrected chi connectivity index (χ0v) is 12.0. The van der Waals surface area contributed by atoms with Crippen LogP contribution in [-0.2, 0) is 11.2 Å². The van der Waals surface area contributed by atoms with Gasteiger partial charge in [-0.2, -0.15) is 0 Å². The highest BCUT2D eigenvalue weighted by Gasteiger charge is 2.27. The molecule has 2 rings (SSSR count). The summed E-state index contributed by atoms with van der Waals surface area (Å²) in [6.07, 6.45) is 2.95. The van der Waals surface area contributed by atoms with Gasteiger partial charge in [0.1, 0.15) is 0 Å². The van der Waals surface area contributed by atoms with Crippen LogP contribution in [-0.4, -0.2) is 30.4 Å². The van der Waals surface area contributed by atoms with E-state index in [-0.39, 0.29) is 18.2 Å². The summed E-state index contributed by atoms with van der Waals surface area (Å²) in [6.45, 7) is 5.95. The Morgan fingerprint density at radius 1 is 1.32 bits per heavy atom. The van der Waals surface area contributed by atoms with Crippen LogP contribution in [0.5, 0.6) is 0 Å². The quantitative estimate of drug-likeness (QED) is 0.828. The van der Waals surface area contributed by atoms with Crippen LogP contribution in [0.4, 0.5) is 0 Å². The molecule has 1 aliphatic heterocycles. The molecular formula is C16H25NO2. The number of aliphatic hydroxyl groups is 1. The molecular weight excluding hydrogens is 238 g/mol. The summed E-state index contributed by atoms with van der Waals surface area (Å²) in [5.41, 5.74) is 2.51. The number of ether oxygens (including phenoxy) is 1. The number of hydrogen-bond acceptors (Lipinski definition) is 3. The lowest BCUT2D eigenvalue weighted by Crippen LogP contribution is -2.49. The number of rotatable bonds is 6. The van der Waals surface area contributed by atoms with E-state index >= 15 is 0 Å². The van der Waals surface area contributed by atoms with Gasteiger partial charge in [0.2, 0.25) is 0 Å². The average Bonchev–Trinajstić information content (AvgIpc) is 2.49. The van der Waals surface area contributed by atoms with E-state index in [1.807, 2.05) is 0 Å². The summed E-state index contributed by atoms with van der Waals surface area (Å²) in [5, 5.41) is 13.1. The largest absolute Gasteiger partial charge is 0.394 e. The van der Waals surface area contributed by atoms with Crippen molar-refractivity contribution in [2.75, 3.05) is 19.8 Å². The van der Waals surface area contributed by atoms with E-state index < -0.39 is 0 Å². The molecule has 2 N–H and O–H groups in total. The van der Waals surface area contributed by atoms with E-state index in [2.05, 4.69) is 43.4 Å². The second-order valence-electron chi connectivity index (χ2n) is 5.33. The van der Waals surface area contributed by atoms with E-state index in [4.69, 9.17) is 4.74 Å². The molecule has 0 saturated carbocycles. The third-order valence-electron chi connectivity index (χ3n) is 4.41. The van der Waals surface area contributed by atoms with Gasteiger partial charge in [0.25, 0.3) is 0 Å². The van der Waals surface area contributed by atoms with Crippen LogP contribution in [0.15, 0.2) is 24.3 Å². The maximum absolute atomic E-state index is 9.60. The Morgan fingerprint density at radius 2 is 2.05 bits per heavy atom. The first-order chi connectivity index (χ1) is 9.24. The Bertz CT molecular complexity index is 393. The zero-order chi connectivity index (χ0) is 13.7. The van der Waals surface area contributed by atoms with Crippen molar-refractivity contribution in [3.63, 3.8) is 0 Å². The minimum atomic E-state index is -0.171. The molecule has 1 heterocycles. The smallest absolute Gasteiger partial charge is 0.0952 e. The lowest BCUT2D eigenvalue weighted by Gasteiger charge is -2.34. The molecule has 0 spiro atoms. The predicted octanol–water partition coefficient (Wildman–Crippen LogP) is 2.44. The Hall–Kier alpha value is -0.900. The summed E-state index contributed by atoms with van der Waals surface area (Å²) in [7, 11) is 0. The molecule has 1 aliphatic rings. The van der Waals surface area contributed by atoms with Crippen molar-refractivity contribution in [2.45, 2.75) is 44.8 Å². The van der Waals surface area contributed by atoms with Crippen LogP contribution in [0.2, 0.25) is 0 Å². The van der Waals surface area contributed by atoms with Gasteiger partial charge in [-0.05, 0) is 30.4 Å². The van der Waals surface area contributed by atoms with Crippen molar-refractivity contribution in [3.8, 4) is 0 Å². The Balaban J connectivity index is 2.05. The molecule has 0 amide bonds. The molecule has 1 aromatic carbocycles. The van der Waals surface area contributed by atoms with Gasteiger partial charge in [-0.25, -0.2) is 0 Å². The summed E-state index contributed by atoms with van der Waals surface area (Å²) >= 11 is 0. The summed E-state index contributed by atoms with van der Waals surface area (Å²) in [4.78, 5) is 0. The fourth-order valence-corrected chi connectivity index (χ4v) is 2.73. The van der Waals surface area contributed by atoms with Crippen molar-refractivity contribution in [1.29, 1.82) is 0 Å². The van der Waals surface area contributed by atoms with Crippen LogP contribution >= 0.6 is 0 Å². The minimum Gasteiger partial charge on any atom is -0.394 e. The molecule has 1 unspecified atom stereocenters. The molecule has 0 aliphatic carbocycles. The lowest BCUT2D eigenvalue weighted by atomic mass is 9.92. The molecule has 0 bridgehead atoms. The van der Waals surface area contributed by atoms with Gasteiger partial charge >= 0.3 is 0 Å². The summed E-state index contributed by atoms with van der Waals surface area (Å²) in [5.74, 6) is 0. The number of benzene rings is 1. The van der Waals surface area contributed by atoms with Crippen LogP contribution < -0.4 is 5.32 Å². The fourth-order valence-electron chi connectivity index (χ4n) is 2.73. The fraction of sp³-hybridized carbons (Fsp3) is 0.625. The molecule has 0 saturated heterocycles. The van der Waals surface area contributed by atoms with Crippen LogP contribution in [0.1, 0.15) is 43.9 Å². The standard InChI is InChI=1S/C16H25NO2/c1-3-16(4-2,12-18)17-11-15-14-8-6-5-7-13(14)9-10-19-15/h5-8,15,17-18H,3-4,9-12H2,1-2H3. The van der Waals surface area contributed by atoms with Crippen molar-refractivity contribution in [3.05, 3.63) is 35.4 Å². The molecule has 3 nitrogen and oxygen atoms in total. The van der Waals surface area contributed by atoms with Crippen molar-refractivity contribution in [2.24, 2.45) is 0 Å². The van der Waals surface area contributed by atoms with E-state index in [1.165, 1.54) is 11.1 Å². The Kier molecular flexibility index (Phi) is 4.97. The molecule has 0 aromatic heterocycles. The summed E-state index contributed by atoms with van der Waals surface area (Å²) in [6, 6.07) is 8.49. The molecule has 0 radical (unpaired) electrons. The topological polar surface area (TPSA) is 41.5 Å². The third-order valence-corrected chi connectivity index (χ3v) is 4.41. The van der Waals surface area contributed by atoms with Crippen molar-refractivity contribution >= 4 is 0 Å². The zero-order valence-electron chi connectivity index (χ0n) is 12.0. The molecule has 106 valence electrons. The Labute approximate surface area is 116 Å². The number of fused-ring (bicyclic) bond motifs is 1. The Morgan fingerprint density at radius 3 is 2.74 bits per heavy atom. The normalized spacial score (nSPS) is 19.2. The van der Waals surface area contributed by atoms with E-state index in [0.29, 0.717) is 0 Å². The molecule has 0 fully saturated rings. The molecule has 1 atom stereocenters. The van der Waals surface area contributed by atoms with Gasteiger partial charge in [-0.1, -0.05) is 38.1 Å². The highest BCUT2D eigenvalue weighted by molar-refractivity contribution is 5.31. The average molecular weight is 263 g/mol. The SMILES string of the molecule is CCC(CC)(CO)NCC1OCCc2ccccc21. The van der Waals surface area contributed by atoms with Gasteiger partial charge < -0.3 is 15.2 Å². The van der Waals surface area contributed by atoms with E-state index in [9.17, 15) is 5.11 Å². The lowest BCUT2D eigenvalue weighted by molar-refractivity contribution is 0.0306. The van der Waals surface area contributed by atoms with Gasteiger partial charge in [-0.15, -0.1) is 0 Å².